The number of rotatable bonds is 5. The smallest absolute Gasteiger partial charge is 0.0771 e. The van der Waals surface area contributed by atoms with Crippen molar-refractivity contribution in [2.75, 3.05) is 0 Å². The van der Waals surface area contributed by atoms with Crippen molar-refractivity contribution in [3.05, 3.63) is 21.9 Å². The van der Waals surface area contributed by atoms with Crippen molar-refractivity contribution in [1.29, 1.82) is 0 Å². The fraction of sp³-hybridized carbons (Fsp3) is 0.538. The van der Waals surface area contributed by atoms with E-state index < -0.39 is 0 Å². The summed E-state index contributed by atoms with van der Waals surface area (Å²) in [4.78, 5) is 1.21. The molecule has 0 spiro atoms. The summed E-state index contributed by atoms with van der Waals surface area (Å²) in [6.07, 6.45) is 6.59. The molecule has 0 N–H and O–H groups in total. The van der Waals surface area contributed by atoms with Crippen molar-refractivity contribution in [3.8, 4) is 11.8 Å². The largest absolute Gasteiger partial charge is 0.135 e. The third-order valence-electron chi connectivity index (χ3n) is 2.22. The maximum Gasteiger partial charge on any atom is 0.0771 e. The van der Waals surface area contributed by atoms with Crippen LogP contribution in [0.1, 0.15) is 50.0 Å². The standard InChI is InChI=1S/C13H18S/c1-3-5-6-7-9-12-10-13(8-4-2)14-11-12/h10-11H,3,5-7,9H2,1-2H3. The van der Waals surface area contributed by atoms with E-state index >= 15 is 0 Å². The fourth-order valence-electron chi connectivity index (χ4n) is 1.45. The fourth-order valence-corrected chi connectivity index (χ4v) is 2.30. The van der Waals surface area contributed by atoms with Crippen molar-refractivity contribution in [3.63, 3.8) is 0 Å². The lowest BCUT2D eigenvalue weighted by molar-refractivity contribution is 0.667. The minimum Gasteiger partial charge on any atom is -0.135 e. The van der Waals surface area contributed by atoms with Gasteiger partial charge in [0, 0.05) is 0 Å². The Balaban J connectivity index is 2.31. The van der Waals surface area contributed by atoms with Gasteiger partial charge in [0.25, 0.3) is 0 Å². The van der Waals surface area contributed by atoms with Crippen LogP contribution in [0.5, 0.6) is 0 Å². The maximum atomic E-state index is 3.10. The van der Waals surface area contributed by atoms with Crippen LogP contribution in [0, 0.1) is 11.8 Å². The molecule has 1 aromatic rings. The molecule has 0 radical (unpaired) electrons. The SMILES string of the molecule is CC#Cc1cc(CCCCCC)cs1. The van der Waals surface area contributed by atoms with Crippen LogP contribution < -0.4 is 0 Å². The molecule has 1 rings (SSSR count). The van der Waals surface area contributed by atoms with E-state index in [4.69, 9.17) is 0 Å². The second-order valence-corrected chi connectivity index (χ2v) is 4.42. The lowest BCUT2D eigenvalue weighted by atomic mass is 10.1. The van der Waals surface area contributed by atoms with Gasteiger partial charge in [-0.2, -0.15) is 0 Å². The Hall–Kier alpha value is -0.740. The Kier molecular flexibility index (Phi) is 5.40. The molecule has 0 amide bonds. The number of thiophene rings is 1. The molecule has 14 heavy (non-hydrogen) atoms. The van der Waals surface area contributed by atoms with E-state index in [2.05, 4.69) is 30.2 Å². The molecule has 1 aromatic heterocycles. The van der Waals surface area contributed by atoms with Gasteiger partial charge in [-0.1, -0.05) is 32.1 Å². The lowest BCUT2D eigenvalue weighted by Gasteiger charge is -1.96. The average Bonchev–Trinajstić information content (AvgIpc) is 2.61. The topological polar surface area (TPSA) is 0 Å². The molecule has 0 aliphatic heterocycles. The molecule has 0 aromatic carbocycles. The summed E-state index contributed by atoms with van der Waals surface area (Å²) in [6.45, 7) is 4.14. The van der Waals surface area contributed by atoms with Crippen molar-refractivity contribution in [2.45, 2.75) is 46.0 Å². The maximum absolute atomic E-state index is 3.10. The zero-order valence-electron chi connectivity index (χ0n) is 9.10. The molecule has 0 fully saturated rings. The van der Waals surface area contributed by atoms with Crippen LogP contribution >= 0.6 is 11.3 Å². The molecule has 1 heteroatoms. The zero-order valence-corrected chi connectivity index (χ0v) is 9.91. The van der Waals surface area contributed by atoms with Gasteiger partial charge in [0.1, 0.15) is 0 Å². The van der Waals surface area contributed by atoms with E-state index in [1.807, 2.05) is 6.92 Å². The number of unbranched alkanes of at least 4 members (excludes halogenated alkanes) is 3. The Morgan fingerprint density at radius 2 is 2.14 bits per heavy atom. The Bertz CT molecular complexity index is 311. The molecule has 0 aliphatic carbocycles. The van der Waals surface area contributed by atoms with E-state index in [0.29, 0.717) is 0 Å². The normalized spacial score (nSPS) is 9.57. The number of hydrogen-bond acceptors (Lipinski definition) is 1. The number of aryl methyl sites for hydroxylation is 1. The molecule has 0 unspecified atom stereocenters. The molecule has 0 bridgehead atoms. The second kappa shape index (κ2) is 6.68. The van der Waals surface area contributed by atoms with Crippen molar-refractivity contribution in [2.24, 2.45) is 0 Å². The lowest BCUT2D eigenvalue weighted by Crippen LogP contribution is -1.82. The molecule has 0 saturated carbocycles. The molecule has 0 atom stereocenters. The molecule has 1 heterocycles. The van der Waals surface area contributed by atoms with Crippen LogP contribution in [-0.2, 0) is 6.42 Å². The third kappa shape index (κ3) is 3.98. The van der Waals surface area contributed by atoms with Gasteiger partial charge >= 0.3 is 0 Å². The van der Waals surface area contributed by atoms with Gasteiger partial charge in [0.15, 0.2) is 0 Å². The van der Waals surface area contributed by atoms with Gasteiger partial charge in [-0.15, -0.1) is 17.3 Å². The highest BCUT2D eigenvalue weighted by Crippen LogP contribution is 2.16. The number of hydrogen-bond donors (Lipinski definition) is 0. The summed E-state index contributed by atoms with van der Waals surface area (Å²) in [5.41, 5.74) is 1.46. The zero-order chi connectivity index (χ0) is 10.2. The van der Waals surface area contributed by atoms with Crippen LogP contribution in [0.2, 0.25) is 0 Å². The Morgan fingerprint density at radius 1 is 1.29 bits per heavy atom. The molecular weight excluding hydrogens is 188 g/mol. The summed E-state index contributed by atoms with van der Waals surface area (Å²) in [6, 6.07) is 2.23. The van der Waals surface area contributed by atoms with E-state index in [1.165, 1.54) is 42.5 Å². The molecular formula is C13H18S. The van der Waals surface area contributed by atoms with Crippen molar-refractivity contribution >= 4 is 11.3 Å². The molecule has 76 valence electrons. The Morgan fingerprint density at radius 3 is 2.86 bits per heavy atom. The molecule has 0 aliphatic rings. The minimum absolute atomic E-state index is 1.21. The predicted molar refractivity (Wildman–Crippen MR) is 64.7 cm³/mol. The van der Waals surface area contributed by atoms with Crippen LogP contribution in [0.4, 0.5) is 0 Å². The summed E-state index contributed by atoms with van der Waals surface area (Å²) in [5.74, 6) is 6.03. The van der Waals surface area contributed by atoms with E-state index in [0.717, 1.165) is 0 Å². The second-order valence-electron chi connectivity index (χ2n) is 3.50. The van der Waals surface area contributed by atoms with Crippen LogP contribution in [0.25, 0.3) is 0 Å². The quantitative estimate of drug-likeness (QED) is 0.499. The van der Waals surface area contributed by atoms with E-state index in [9.17, 15) is 0 Å². The molecule has 0 nitrogen and oxygen atoms in total. The highest BCUT2D eigenvalue weighted by molar-refractivity contribution is 7.10. The summed E-state index contributed by atoms with van der Waals surface area (Å²) >= 11 is 1.76. The summed E-state index contributed by atoms with van der Waals surface area (Å²) < 4.78 is 0. The highest BCUT2D eigenvalue weighted by Gasteiger charge is 1.97. The predicted octanol–water partition coefficient (Wildman–Crippen LogP) is 4.24. The van der Waals surface area contributed by atoms with Gasteiger partial charge < -0.3 is 0 Å². The monoisotopic (exact) mass is 206 g/mol. The van der Waals surface area contributed by atoms with Gasteiger partial charge in [-0.05, 0) is 36.8 Å². The average molecular weight is 206 g/mol. The molecule has 0 saturated heterocycles. The van der Waals surface area contributed by atoms with Crippen molar-refractivity contribution in [1.82, 2.24) is 0 Å². The van der Waals surface area contributed by atoms with Crippen LogP contribution in [0.3, 0.4) is 0 Å². The minimum atomic E-state index is 1.21. The first-order valence-corrected chi connectivity index (χ1v) is 6.25. The van der Waals surface area contributed by atoms with Gasteiger partial charge in [-0.3, -0.25) is 0 Å². The van der Waals surface area contributed by atoms with E-state index in [1.54, 1.807) is 11.3 Å². The van der Waals surface area contributed by atoms with Crippen LogP contribution in [0.15, 0.2) is 11.4 Å². The first kappa shape index (κ1) is 11.3. The van der Waals surface area contributed by atoms with Gasteiger partial charge in [0.2, 0.25) is 0 Å². The highest BCUT2D eigenvalue weighted by atomic mass is 32.1. The van der Waals surface area contributed by atoms with Gasteiger partial charge in [0.05, 0.1) is 4.88 Å². The third-order valence-corrected chi connectivity index (χ3v) is 3.12. The van der Waals surface area contributed by atoms with Gasteiger partial charge in [-0.25, -0.2) is 0 Å². The first-order valence-electron chi connectivity index (χ1n) is 5.37. The Labute approximate surface area is 91.4 Å². The summed E-state index contributed by atoms with van der Waals surface area (Å²) in [5, 5.41) is 2.24. The van der Waals surface area contributed by atoms with Crippen molar-refractivity contribution < 1.29 is 0 Å². The first-order chi connectivity index (χ1) is 6.86. The van der Waals surface area contributed by atoms with Crippen LogP contribution in [-0.4, -0.2) is 0 Å². The van der Waals surface area contributed by atoms with E-state index in [-0.39, 0.29) is 0 Å². The summed E-state index contributed by atoms with van der Waals surface area (Å²) in [7, 11) is 0.